The van der Waals surface area contributed by atoms with Crippen molar-refractivity contribution < 1.29 is 23.3 Å². The fourth-order valence-electron chi connectivity index (χ4n) is 5.87. The summed E-state index contributed by atoms with van der Waals surface area (Å²) in [5, 5.41) is 18.4. The third kappa shape index (κ3) is 35.8. The number of hydrogen-bond acceptors (Lipinski definition) is 6. The molecular weight excluding hydrogens is 667 g/mol. The normalized spacial score (nSPS) is 14.0. The first-order valence-electron chi connectivity index (χ1n) is 21.0. The zero-order valence-electron chi connectivity index (χ0n) is 35.2. The average molecular weight is 752 g/mol. The van der Waals surface area contributed by atoms with Crippen molar-refractivity contribution in [3.8, 4) is 0 Å². The van der Waals surface area contributed by atoms with Crippen molar-refractivity contribution in [2.24, 2.45) is 0 Å². The molecule has 0 aromatic carbocycles. The van der Waals surface area contributed by atoms with Gasteiger partial charge in [0.1, 0.15) is 0 Å². The molecule has 0 spiro atoms. The van der Waals surface area contributed by atoms with Gasteiger partial charge in [0.15, 0.2) is 6.29 Å². The Morgan fingerprint density at radius 2 is 1.21 bits per heavy atom. The molecule has 0 aliphatic heterocycles. The van der Waals surface area contributed by atoms with E-state index in [4.69, 9.17) is 13.1 Å². The van der Waals surface area contributed by atoms with E-state index in [1.54, 1.807) is 0 Å². The van der Waals surface area contributed by atoms with Crippen molar-refractivity contribution in [1.29, 1.82) is 0 Å². The Labute approximate surface area is 325 Å². The average Bonchev–Trinajstić information content (AvgIpc) is 3.09. The molecule has 0 amide bonds. The zero-order valence-corrected chi connectivity index (χ0v) is 36.0. The van der Waals surface area contributed by atoms with Crippen LogP contribution in [0.25, 0.3) is 0 Å². The van der Waals surface area contributed by atoms with Crippen LogP contribution in [-0.4, -0.2) is 80.0 Å². The maximum Gasteiger partial charge on any atom is 0.180 e. The van der Waals surface area contributed by atoms with Crippen molar-refractivity contribution in [2.45, 2.75) is 169 Å². The largest absolute Gasteiger partial charge is 0.395 e. The number of aliphatic hydroxyl groups is 2. The molecule has 52 heavy (non-hydrogen) atoms. The highest BCUT2D eigenvalue weighted by atomic mass is 32.3. The first-order chi connectivity index (χ1) is 25.1. The topological polar surface area (TPSA) is 71.4 Å². The highest BCUT2D eigenvalue weighted by Gasteiger charge is 2.18. The molecule has 0 aromatic rings. The van der Waals surface area contributed by atoms with Crippen molar-refractivity contribution >= 4 is 10.6 Å². The Balaban J connectivity index is 4.70. The first-order valence-corrected chi connectivity index (χ1v) is 23.3. The van der Waals surface area contributed by atoms with Crippen LogP contribution in [0.5, 0.6) is 0 Å². The molecule has 1 atom stereocenters. The van der Waals surface area contributed by atoms with Crippen LogP contribution in [0.15, 0.2) is 59.3 Å². The van der Waals surface area contributed by atoms with Crippen LogP contribution in [0.4, 0.5) is 0 Å². The smallest absolute Gasteiger partial charge is 0.180 e. The number of ether oxygens (including phenoxy) is 1. The third-order valence-electron chi connectivity index (χ3n) is 9.13. The minimum absolute atomic E-state index is 0.135. The van der Waals surface area contributed by atoms with Crippen molar-refractivity contribution in [3.05, 3.63) is 59.3 Å². The van der Waals surface area contributed by atoms with Gasteiger partial charge in [-0.3, -0.25) is 13.3 Å². The predicted octanol–water partition coefficient (Wildman–Crippen LogP) is 12.3. The van der Waals surface area contributed by atoms with Gasteiger partial charge in [0.25, 0.3) is 0 Å². The molecule has 0 heterocycles. The Bertz CT molecular complexity index is 947. The molecular formula is C45H85NO5S. The fourth-order valence-corrected chi connectivity index (χ4v) is 7.12. The van der Waals surface area contributed by atoms with Gasteiger partial charge < -0.3 is 14.9 Å². The lowest BCUT2D eigenvalue weighted by molar-refractivity contribution is -0.0727. The zero-order chi connectivity index (χ0) is 38.5. The second-order valence-corrected chi connectivity index (χ2v) is 17.7. The summed E-state index contributed by atoms with van der Waals surface area (Å²) in [5.41, 5.74) is 4.23. The number of allylic oxidation sites excluding steroid dienone is 9. The number of hydrogen-bond donors (Lipinski definition) is 2. The lowest BCUT2D eigenvalue weighted by Gasteiger charge is -2.38. The maximum atomic E-state index is 9.21. The summed E-state index contributed by atoms with van der Waals surface area (Å²) in [4.78, 5) is 2.12. The Morgan fingerprint density at radius 3 is 1.87 bits per heavy atom. The van der Waals surface area contributed by atoms with E-state index in [1.165, 1.54) is 74.5 Å². The highest BCUT2D eigenvalue weighted by Crippen LogP contribution is 2.44. The Kier molecular flexibility index (Phi) is 35.9. The van der Waals surface area contributed by atoms with Crippen molar-refractivity contribution in [3.63, 3.8) is 0 Å². The molecule has 2 N–H and O–H groups in total. The number of nitrogens with zero attached hydrogens (tertiary/aromatic N) is 1. The van der Waals surface area contributed by atoms with E-state index in [0.717, 1.165) is 77.2 Å². The van der Waals surface area contributed by atoms with Crippen LogP contribution in [-0.2, 0) is 13.1 Å². The van der Waals surface area contributed by atoms with E-state index in [2.05, 4.69) is 94.6 Å². The molecule has 1 unspecified atom stereocenters. The molecule has 0 bridgehead atoms. The summed E-state index contributed by atoms with van der Waals surface area (Å²) in [6, 6.07) is 0. The number of aliphatic hydroxyl groups excluding tert-OH is 2. The summed E-state index contributed by atoms with van der Waals surface area (Å²) < 4.78 is 19.2. The number of unbranched alkanes of at least 4 members (excludes halogenated alkanes) is 11. The predicted molar refractivity (Wildman–Crippen MR) is 230 cm³/mol. The van der Waals surface area contributed by atoms with E-state index in [-0.39, 0.29) is 19.5 Å². The molecule has 0 aliphatic rings. The SMILES string of the molecule is CCCCC/C=C\C/C=C\CCCCCCCC(OC/C=C(\C)CC/C=C(\C)CCC=C(C)C)OS(C)(C)OCCCCCCN(CCO)CCO. The highest BCUT2D eigenvalue weighted by molar-refractivity contribution is 8.24. The van der Waals surface area contributed by atoms with Gasteiger partial charge in [0.05, 0.1) is 26.4 Å². The standard InChI is InChI=1S/C45H85NO5S/c1-8-9-10-11-12-13-14-15-16-17-18-19-20-21-24-33-45(49-41-34-44(5)32-28-31-43(4)30-27-29-42(2)3)51-52(6,7)50-40-26-23-22-25-35-46(36-38-47)37-39-48/h12-13,15-16,29,31,34,45,47-48H,8-11,14,17-28,30,32-33,35-41H2,1-7H3/b13-12-,16-15-,43-31+,44-34+. The van der Waals surface area contributed by atoms with Crippen LogP contribution in [0.1, 0.15) is 163 Å². The quantitative estimate of drug-likeness (QED) is 0.0374. The molecule has 0 fully saturated rings. The molecule has 7 heteroatoms. The van der Waals surface area contributed by atoms with Gasteiger partial charge in [0, 0.05) is 32.0 Å². The van der Waals surface area contributed by atoms with E-state index in [0.29, 0.717) is 26.3 Å². The van der Waals surface area contributed by atoms with Crippen LogP contribution in [0.3, 0.4) is 0 Å². The summed E-state index contributed by atoms with van der Waals surface area (Å²) in [7, 11) is -1.69. The van der Waals surface area contributed by atoms with E-state index in [9.17, 15) is 10.2 Å². The summed E-state index contributed by atoms with van der Waals surface area (Å²) in [6.45, 7) is 14.7. The minimum Gasteiger partial charge on any atom is -0.395 e. The monoisotopic (exact) mass is 752 g/mol. The molecule has 306 valence electrons. The Hall–Kier alpha value is -1.19. The number of rotatable bonds is 37. The summed E-state index contributed by atoms with van der Waals surface area (Å²) in [5.74, 6) is 0. The van der Waals surface area contributed by atoms with Gasteiger partial charge in [-0.1, -0.05) is 111 Å². The first kappa shape index (κ1) is 50.8. The molecule has 0 aliphatic carbocycles. The van der Waals surface area contributed by atoms with E-state index >= 15 is 0 Å². The Morgan fingerprint density at radius 1 is 0.635 bits per heavy atom. The molecule has 0 rings (SSSR count). The minimum atomic E-state index is -1.69. The van der Waals surface area contributed by atoms with Gasteiger partial charge in [-0.25, -0.2) is 0 Å². The van der Waals surface area contributed by atoms with E-state index < -0.39 is 10.6 Å². The van der Waals surface area contributed by atoms with Gasteiger partial charge in [-0.2, -0.15) is 10.6 Å². The van der Waals surface area contributed by atoms with Crippen LogP contribution in [0.2, 0.25) is 0 Å². The molecule has 0 aromatic heterocycles. The van der Waals surface area contributed by atoms with Crippen LogP contribution < -0.4 is 0 Å². The third-order valence-corrected chi connectivity index (χ3v) is 10.5. The lowest BCUT2D eigenvalue weighted by atomic mass is 10.1. The van der Waals surface area contributed by atoms with Gasteiger partial charge in [-0.05, 0) is 111 Å². The molecule has 0 radical (unpaired) electrons. The second kappa shape index (κ2) is 36.8. The summed E-state index contributed by atoms with van der Waals surface area (Å²) >= 11 is 0. The second-order valence-electron chi connectivity index (χ2n) is 15.0. The van der Waals surface area contributed by atoms with Crippen LogP contribution >= 0.6 is 10.6 Å². The molecule has 0 saturated heterocycles. The van der Waals surface area contributed by atoms with Gasteiger partial charge in [0.2, 0.25) is 0 Å². The maximum absolute atomic E-state index is 9.21. The van der Waals surface area contributed by atoms with Crippen molar-refractivity contribution in [1.82, 2.24) is 4.90 Å². The molecule has 0 saturated carbocycles. The van der Waals surface area contributed by atoms with Crippen LogP contribution in [0, 0.1) is 0 Å². The van der Waals surface area contributed by atoms with E-state index in [1.807, 2.05) is 0 Å². The van der Waals surface area contributed by atoms with Gasteiger partial charge in [-0.15, -0.1) is 0 Å². The van der Waals surface area contributed by atoms with Crippen molar-refractivity contribution in [2.75, 3.05) is 58.6 Å². The molecule has 6 nitrogen and oxygen atoms in total. The summed E-state index contributed by atoms with van der Waals surface area (Å²) in [6.07, 6.45) is 43.2. The fraction of sp³-hybridized carbons (Fsp3) is 0.778. The van der Waals surface area contributed by atoms with Gasteiger partial charge >= 0.3 is 0 Å². The lowest BCUT2D eigenvalue weighted by Crippen LogP contribution is -2.30.